The molecule has 206 valence electrons. The Balaban J connectivity index is 0.000000201. The molecular weight excluding hydrogens is 526 g/mol. The minimum absolute atomic E-state index is 0.0196. The third-order valence-corrected chi connectivity index (χ3v) is 6.48. The van der Waals surface area contributed by atoms with Gasteiger partial charge in [0.25, 0.3) is 0 Å². The van der Waals surface area contributed by atoms with E-state index in [2.05, 4.69) is 70.1 Å². The Morgan fingerprint density at radius 1 is 0.975 bits per heavy atom. The SMILES string of the molecule is CC(Oc1cc2onc(CCC(=O)O)c2cc1Cl)c1ccccn1.c1ccc(CCNCc2ccccc2)cc1. The van der Waals surface area contributed by atoms with E-state index in [9.17, 15) is 4.79 Å². The summed E-state index contributed by atoms with van der Waals surface area (Å²) in [7, 11) is 0. The second-order valence-electron chi connectivity index (χ2n) is 9.21. The maximum absolute atomic E-state index is 10.7. The third-order valence-electron chi connectivity index (χ3n) is 6.19. The molecule has 1 unspecified atom stereocenters. The molecule has 2 N–H and O–H groups in total. The van der Waals surface area contributed by atoms with E-state index < -0.39 is 5.97 Å². The van der Waals surface area contributed by atoms with E-state index in [0.29, 0.717) is 27.4 Å². The van der Waals surface area contributed by atoms with Gasteiger partial charge in [-0.1, -0.05) is 83.5 Å². The van der Waals surface area contributed by atoms with Gasteiger partial charge in [-0.05, 0) is 49.2 Å². The Kier molecular flexibility index (Phi) is 10.7. The number of aromatic nitrogens is 2. The normalized spacial score (nSPS) is 11.4. The summed E-state index contributed by atoms with van der Waals surface area (Å²) in [6, 6.07) is 30.0. The molecule has 7 nitrogen and oxygen atoms in total. The first-order valence-corrected chi connectivity index (χ1v) is 13.5. The number of hydrogen-bond donors (Lipinski definition) is 2. The van der Waals surface area contributed by atoms with Crippen molar-refractivity contribution >= 4 is 28.5 Å². The van der Waals surface area contributed by atoms with Gasteiger partial charge in [-0.15, -0.1) is 0 Å². The number of hydrogen-bond acceptors (Lipinski definition) is 6. The Bertz CT molecular complexity index is 1440. The van der Waals surface area contributed by atoms with Crippen LogP contribution in [0.2, 0.25) is 5.02 Å². The summed E-state index contributed by atoms with van der Waals surface area (Å²) in [5.41, 5.74) is 4.59. The maximum Gasteiger partial charge on any atom is 0.303 e. The van der Waals surface area contributed by atoms with E-state index in [1.54, 1.807) is 18.3 Å². The molecule has 0 amide bonds. The number of pyridine rings is 1. The molecular formula is C32H32ClN3O4. The van der Waals surface area contributed by atoms with Crippen LogP contribution in [0.25, 0.3) is 11.0 Å². The van der Waals surface area contributed by atoms with Crippen molar-refractivity contribution in [2.75, 3.05) is 6.54 Å². The molecule has 0 spiro atoms. The van der Waals surface area contributed by atoms with Crippen molar-refractivity contribution < 1.29 is 19.2 Å². The number of carboxylic acid groups (broad SMARTS) is 1. The van der Waals surface area contributed by atoms with Crippen LogP contribution in [-0.2, 0) is 24.2 Å². The van der Waals surface area contributed by atoms with Crippen molar-refractivity contribution in [1.82, 2.24) is 15.5 Å². The van der Waals surface area contributed by atoms with E-state index in [1.807, 2.05) is 31.2 Å². The quantitative estimate of drug-likeness (QED) is 0.168. The van der Waals surface area contributed by atoms with Gasteiger partial charge in [0, 0.05) is 30.6 Å². The summed E-state index contributed by atoms with van der Waals surface area (Å²) >= 11 is 6.30. The van der Waals surface area contributed by atoms with Crippen LogP contribution < -0.4 is 10.1 Å². The number of aliphatic carboxylic acids is 1. The minimum Gasteiger partial charge on any atom is -0.483 e. The third kappa shape index (κ3) is 8.66. The molecule has 40 heavy (non-hydrogen) atoms. The number of nitrogens with one attached hydrogen (secondary N) is 1. The topological polar surface area (TPSA) is 97.5 Å². The zero-order valence-electron chi connectivity index (χ0n) is 22.3. The molecule has 0 aliphatic rings. The standard InChI is InChI=1S/C17H15ClN2O4.C15H17N/c1-10(13-4-2-3-7-19-13)23-16-9-15-11(8-12(16)18)14(20-24-15)5-6-17(21)22;1-3-7-14(8-4-1)11-12-16-13-15-9-5-2-6-10-15/h2-4,7-10H,5-6H2,1H3,(H,21,22);1-10,16H,11-13H2. The number of benzene rings is 3. The lowest BCUT2D eigenvalue weighted by Crippen LogP contribution is -2.16. The Labute approximate surface area is 238 Å². The zero-order chi connectivity index (χ0) is 28.2. The Morgan fingerprint density at radius 3 is 2.35 bits per heavy atom. The first-order chi connectivity index (χ1) is 19.5. The molecule has 1 atom stereocenters. The molecule has 0 saturated carbocycles. The van der Waals surface area contributed by atoms with Crippen molar-refractivity contribution in [1.29, 1.82) is 0 Å². The highest BCUT2D eigenvalue weighted by Gasteiger charge is 2.16. The van der Waals surface area contributed by atoms with Crippen LogP contribution in [-0.4, -0.2) is 27.8 Å². The first kappa shape index (κ1) is 28.8. The number of fused-ring (bicyclic) bond motifs is 1. The summed E-state index contributed by atoms with van der Waals surface area (Å²) in [4.78, 5) is 14.9. The Morgan fingerprint density at radius 2 is 1.68 bits per heavy atom. The van der Waals surface area contributed by atoms with Crippen LogP contribution in [0.3, 0.4) is 0 Å². The average Bonchev–Trinajstić information content (AvgIpc) is 3.37. The molecule has 0 bridgehead atoms. The van der Waals surface area contributed by atoms with Gasteiger partial charge in [0.05, 0.1) is 22.8 Å². The predicted octanol–water partition coefficient (Wildman–Crippen LogP) is 7.05. The Hall–Kier alpha value is -4.20. The van der Waals surface area contributed by atoms with Crippen molar-refractivity contribution in [3.8, 4) is 5.75 Å². The van der Waals surface area contributed by atoms with Crippen LogP contribution in [0.4, 0.5) is 0 Å². The molecule has 2 aromatic heterocycles. The smallest absolute Gasteiger partial charge is 0.303 e. The van der Waals surface area contributed by atoms with Crippen molar-refractivity contribution in [3.05, 3.63) is 125 Å². The highest BCUT2D eigenvalue weighted by molar-refractivity contribution is 6.32. The van der Waals surface area contributed by atoms with Crippen LogP contribution in [0, 0.1) is 0 Å². The molecule has 8 heteroatoms. The monoisotopic (exact) mass is 557 g/mol. The number of carbonyl (C=O) groups is 1. The first-order valence-electron chi connectivity index (χ1n) is 13.2. The number of halogens is 1. The van der Waals surface area contributed by atoms with Crippen LogP contribution in [0.15, 0.2) is 102 Å². The summed E-state index contributed by atoms with van der Waals surface area (Å²) in [6.45, 7) is 3.86. The molecule has 0 saturated heterocycles. The van der Waals surface area contributed by atoms with E-state index in [1.165, 1.54) is 11.1 Å². The van der Waals surface area contributed by atoms with Crippen molar-refractivity contribution in [3.63, 3.8) is 0 Å². The van der Waals surface area contributed by atoms with E-state index in [-0.39, 0.29) is 18.9 Å². The maximum atomic E-state index is 10.7. The van der Waals surface area contributed by atoms with Crippen LogP contribution >= 0.6 is 11.6 Å². The van der Waals surface area contributed by atoms with Gasteiger partial charge in [-0.3, -0.25) is 9.78 Å². The highest BCUT2D eigenvalue weighted by Crippen LogP contribution is 2.34. The summed E-state index contributed by atoms with van der Waals surface area (Å²) in [5, 5.41) is 17.3. The molecule has 3 aromatic carbocycles. The second kappa shape index (κ2) is 14.8. The van der Waals surface area contributed by atoms with E-state index in [0.717, 1.165) is 25.2 Å². The van der Waals surface area contributed by atoms with Gasteiger partial charge in [0.15, 0.2) is 5.58 Å². The summed E-state index contributed by atoms with van der Waals surface area (Å²) < 4.78 is 11.1. The number of nitrogens with zero attached hydrogens (tertiary/aromatic N) is 2. The molecule has 0 aliphatic carbocycles. The second-order valence-corrected chi connectivity index (χ2v) is 9.62. The fourth-order valence-electron chi connectivity index (χ4n) is 4.06. The van der Waals surface area contributed by atoms with Crippen molar-refractivity contribution in [2.24, 2.45) is 0 Å². The lowest BCUT2D eigenvalue weighted by molar-refractivity contribution is -0.136. The van der Waals surface area contributed by atoms with E-state index >= 15 is 0 Å². The van der Waals surface area contributed by atoms with Crippen LogP contribution in [0.5, 0.6) is 5.75 Å². The predicted molar refractivity (Wildman–Crippen MR) is 157 cm³/mol. The minimum atomic E-state index is -0.888. The lowest BCUT2D eigenvalue weighted by Gasteiger charge is -2.15. The van der Waals surface area contributed by atoms with Gasteiger partial charge in [0.1, 0.15) is 11.9 Å². The summed E-state index contributed by atoms with van der Waals surface area (Å²) in [5.74, 6) is -0.426. The summed E-state index contributed by atoms with van der Waals surface area (Å²) in [6.07, 6.45) is 2.77. The molecule has 5 aromatic rings. The molecule has 0 fully saturated rings. The van der Waals surface area contributed by atoms with Gasteiger partial charge in [0.2, 0.25) is 0 Å². The number of aryl methyl sites for hydroxylation is 1. The van der Waals surface area contributed by atoms with Crippen LogP contribution in [0.1, 0.15) is 42.0 Å². The highest BCUT2D eigenvalue weighted by atomic mass is 35.5. The lowest BCUT2D eigenvalue weighted by atomic mass is 10.1. The zero-order valence-corrected chi connectivity index (χ0v) is 23.1. The molecule has 5 rings (SSSR count). The van der Waals surface area contributed by atoms with Gasteiger partial charge in [-0.2, -0.15) is 0 Å². The van der Waals surface area contributed by atoms with Gasteiger partial charge >= 0.3 is 5.97 Å². The number of ether oxygens (including phenoxy) is 1. The molecule has 2 heterocycles. The fraction of sp³-hybridized carbons (Fsp3) is 0.219. The number of carboxylic acids is 1. The molecule has 0 radical (unpaired) electrons. The largest absolute Gasteiger partial charge is 0.483 e. The van der Waals surface area contributed by atoms with Gasteiger partial charge in [-0.25, -0.2) is 0 Å². The molecule has 0 aliphatic heterocycles. The van der Waals surface area contributed by atoms with Crippen molar-refractivity contribution in [2.45, 2.75) is 38.8 Å². The fourth-order valence-corrected chi connectivity index (χ4v) is 4.27. The van der Waals surface area contributed by atoms with Gasteiger partial charge < -0.3 is 19.7 Å². The average molecular weight is 558 g/mol. The van der Waals surface area contributed by atoms with E-state index in [4.69, 9.17) is 26.0 Å². The number of rotatable bonds is 11.